The van der Waals surface area contributed by atoms with Crippen molar-refractivity contribution in [2.75, 3.05) is 24.6 Å². The number of carbonyl (C=O) groups excluding carboxylic acids is 1. The molecule has 0 spiro atoms. The number of ether oxygens (including phenoxy) is 1. The number of rotatable bonds is 3. The molecule has 0 atom stereocenters. The zero-order valence-corrected chi connectivity index (χ0v) is 8.84. The van der Waals surface area contributed by atoms with Crippen molar-refractivity contribution in [3.63, 3.8) is 0 Å². The molecule has 2 heterocycles. The van der Waals surface area contributed by atoms with Crippen LogP contribution in [0.5, 0.6) is 0 Å². The van der Waals surface area contributed by atoms with Crippen LogP contribution in [0.3, 0.4) is 0 Å². The topological polar surface area (TPSA) is 42.4 Å². The minimum Gasteiger partial charge on any atom is -0.462 e. The molecule has 1 fully saturated rings. The summed E-state index contributed by atoms with van der Waals surface area (Å²) in [6.07, 6.45) is 2.81. The first-order chi connectivity index (χ1) is 6.81. The summed E-state index contributed by atoms with van der Waals surface area (Å²) in [6.45, 7) is 4.32. The molecule has 0 aromatic carbocycles. The Morgan fingerprint density at radius 2 is 2.50 bits per heavy atom. The predicted molar refractivity (Wildman–Crippen MR) is 54.9 cm³/mol. The summed E-state index contributed by atoms with van der Waals surface area (Å²) >= 11 is 1.41. The molecular weight excluding hydrogens is 200 g/mol. The van der Waals surface area contributed by atoms with Crippen LogP contribution in [-0.4, -0.2) is 30.6 Å². The van der Waals surface area contributed by atoms with Gasteiger partial charge in [0.05, 0.1) is 12.8 Å². The number of hydrogen-bond acceptors (Lipinski definition) is 5. The third-order valence-electron chi connectivity index (χ3n) is 2.10. The number of aromatic nitrogens is 1. The van der Waals surface area contributed by atoms with Gasteiger partial charge in [-0.25, -0.2) is 9.78 Å². The van der Waals surface area contributed by atoms with Crippen LogP contribution in [0.25, 0.3) is 0 Å². The number of nitrogens with zero attached hydrogens (tertiary/aromatic N) is 2. The lowest BCUT2D eigenvalue weighted by Crippen LogP contribution is -2.36. The summed E-state index contributed by atoms with van der Waals surface area (Å²) in [4.78, 5) is 18.3. The SMILES string of the molecule is CCOC(=O)c1cnc(N2CCC2)s1. The maximum atomic E-state index is 11.3. The van der Waals surface area contributed by atoms with Gasteiger partial charge in [0.2, 0.25) is 0 Å². The van der Waals surface area contributed by atoms with Crippen molar-refractivity contribution >= 4 is 22.4 Å². The molecule has 2 rings (SSSR count). The summed E-state index contributed by atoms with van der Waals surface area (Å²) in [5.41, 5.74) is 0. The third kappa shape index (κ3) is 1.72. The molecule has 1 aromatic heterocycles. The van der Waals surface area contributed by atoms with Crippen molar-refractivity contribution in [1.82, 2.24) is 4.98 Å². The summed E-state index contributed by atoms with van der Waals surface area (Å²) < 4.78 is 4.89. The van der Waals surface area contributed by atoms with E-state index in [1.54, 1.807) is 13.1 Å². The lowest BCUT2D eigenvalue weighted by atomic mass is 10.2. The van der Waals surface area contributed by atoms with E-state index in [4.69, 9.17) is 4.74 Å². The van der Waals surface area contributed by atoms with E-state index >= 15 is 0 Å². The fourth-order valence-electron chi connectivity index (χ4n) is 1.22. The van der Waals surface area contributed by atoms with Gasteiger partial charge in [-0.2, -0.15) is 0 Å². The molecule has 14 heavy (non-hydrogen) atoms. The number of thiazole rings is 1. The largest absolute Gasteiger partial charge is 0.462 e. The van der Waals surface area contributed by atoms with Gasteiger partial charge in [0.15, 0.2) is 5.13 Å². The lowest BCUT2D eigenvalue weighted by molar-refractivity contribution is 0.0532. The lowest BCUT2D eigenvalue weighted by Gasteiger charge is -2.30. The minimum atomic E-state index is -0.267. The Labute approximate surface area is 86.5 Å². The zero-order chi connectivity index (χ0) is 9.97. The fraction of sp³-hybridized carbons (Fsp3) is 0.556. The van der Waals surface area contributed by atoms with Crippen LogP contribution in [0.2, 0.25) is 0 Å². The van der Waals surface area contributed by atoms with Crippen LogP contribution in [0.4, 0.5) is 5.13 Å². The molecule has 4 nitrogen and oxygen atoms in total. The molecular formula is C9H12N2O2S. The van der Waals surface area contributed by atoms with Crippen molar-refractivity contribution in [3.05, 3.63) is 11.1 Å². The first kappa shape index (κ1) is 9.45. The molecule has 0 radical (unpaired) electrons. The Balaban J connectivity index is 2.05. The Hall–Kier alpha value is -1.10. The van der Waals surface area contributed by atoms with Crippen molar-refractivity contribution < 1.29 is 9.53 Å². The first-order valence-corrected chi connectivity index (χ1v) is 5.51. The Kier molecular flexibility index (Phi) is 2.67. The van der Waals surface area contributed by atoms with E-state index in [1.165, 1.54) is 17.8 Å². The molecule has 0 aliphatic carbocycles. The summed E-state index contributed by atoms with van der Waals surface area (Å²) in [5, 5.41) is 0.930. The van der Waals surface area contributed by atoms with E-state index in [2.05, 4.69) is 9.88 Å². The fourth-order valence-corrected chi connectivity index (χ4v) is 2.08. The maximum absolute atomic E-state index is 11.3. The van der Waals surface area contributed by atoms with Gasteiger partial charge in [-0.1, -0.05) is 11.3 Å². The number of carbonyl (C=O) groups is 1. The standard InChI is InChI=1S/C9H12N2O2S/c1-2-13-8(12)7-6-10-9(14-7)11-4-3-5-11/h6H,2-5H2,1H3. The van der Waals surface area contributed by atoms with E-state index in [-0.39, 0.29) is 5.97 Å². The second-order valence-electron chi connectivity index (χ2n) is 3.07. The number of anilines is 1. The van der Waals surface area contributed by atoms with Gasteiger partial charge in [-0.15, -0.1) is 0 Å². The highest BCUT2D eigenvalue weighted by atomic mass is 32.1. The molecule has 1 aliphatic rings. The maximum Gasteiger partial charge on any atom is 0.350 e. The molecule has 0 amide bonds. The highest BCUT2D eigenvalue weighted by Crippen LogP contribution is 2.26. The normalized spacial score (nSPS) is 15.1. The van der Waals surface area contributed by atoms with Gasteiger partial charge in [-0.05, 0) is 13.3 Å². The molecule has 1 aliphatic heterocycles. The van der Waals surface area contributed by atoms with Crippen LogP contribution in [-0.2, 0) is 4.74 Å². The zero-order valence-electron chi connectivity index (χ0n) is 8.02. The Morgan fingerprint density at radius 1 is 1.71 bits per heavy atom. The van der Waals surface area contributed by atoms with E-state index in [9.17, 15) is 4.79 Å². The molecule has 0 saturated carbocycles. The summed E-state index contributed by atoms with van der Waals surface area (Å²) in [5.74, 6) is -0.267. The van der Waals surface area contributed by atoms with Crippen LogP contribution >= 0.6 is 11.3 Å². The highest BCUT2D eigenvalue weighted by Gasteiger charge is 2.19. The molecule has 5 heteroatoms. The van der Waals surface area contributed by atoms with Crippen LogP contribution < -0.4 is 4.90 Å². The molecule has 0 bridgehead atoms. The number of hydrogen-bond donors (Lipinski definition) is 0. The van der Waals surface area contributed by atoms with Crippen molar-refractivity contribution in [2.24, 2.45) is 0 Å². The quantitative estimate of drug-likeness (QED) is 0.713. The Bertz CT molecular complexity index is 333. The molecule has 0 unspecified atom stereocenters. The minimum absolute atomic E-state index is 0.267. The third-order valence-corrected chi connectivity index (χ3v) is 3.13. The van der Waals surface area contributed by atoms with Crippen LogP contribution in [0.15, 0.2) is 6.20 Å². The van der Waals surface area contributed by atoms with E-state index in [0.29, 0.717) is 11.5 Å². The van der Waals surface area contributed by atoms with E-state index in [0.717, 1.165) is 18.2 Å². The summed E-state index contributed by atoms with van der Waals surface area (Å²) in [6, 6.07) is 0. The van der Waals surface area contributed by atoms with Gasteiger partial charge in [0.25, 0.3) is 0 Å². The van der Waals surface area contributed by atoms with Crippen LogP contribution in [0.1, 0.15) is 23.0 Å². The van der Waals surface area contributed by atoms with Crippen molar-refractivity contribution in [1.29, 1.82) is 0 Å². The second-order valence-corrected chi connectivity index (χ2v) is 4.08. The van der Waals surface area contributed by atoms with Crippen molar-refractivity contribution in [2.45, 2.75) is 13.3 Å². The predicted octanol–water partition coefficient (Wildman–Crippen LogP) is 1.53. The average Bonchev–Trinajstić information content (AvgIpc) is 2.50. The second kappa shape index (κ2) is 3.96. The summed E-state index contributed by atoms with van der Waals surface area (Å²) in [7, 11) is 0. The molecule has 76 valence electrons. The van der Waals surface area contributed by atoms with E-state index in [1.807, 2.05) is 0 Å². The monoisotopic (exact) mass is 212 g/mol. The van der Waals surface area contributed by atoms with Gasteiger partial charge in [-0.3, -0.25) is 0 Å². The molecule has 1 aromatic rings. The van der Waals surface area contributed by atoms with Crippen LogP contribution in [0, 0.1) is 0 Å². The van der Waals surface area contributed by atoms with Gasteiger partial charge in [0.1, 0.15) is 4.88 Å². The van der Waals surface area contributed by atoms with E-state index < -0.39 is 0 Å². The van der Waals surface area contributed by atoms with Crippen molar-refractivity contribution in [3.8, 4) is 0 Å². The number of esters is 1. The smallest absolute Gasteiger partial charge is 0.350 e. The highest BCUT2D eigenvalue weighted by molar-refractivity contribution is 7.17. The van der Waals surface area contributed by atoms with Gasteiger partial charge >= 0.3 is 5.97 Å². The van der Waals surface area contributed by atoms with Gasteiger partial charge < -0.3 is 9.64 Å². The Morgan fingerprint density at radius 3 is 3.07 bits per heavy atom. The average molecular weight is 212 g/mol. The first-order valence-electron chi connectivity index (χ1n) is 4.69. The molecule has 1 saturated heterocycles. The molecule has 0 N–H and O–H groups in total. The van der Waals surface area contributed by atoms with Gasteiger partial charge in [0, 0.05) is 13.1 Å².